The Balaban J connectivity index is 0.000000147. The summed E-state index contributed by atoms with van der Waals surface area (Å²) in [5.41, 5.74) is -0.0720. The van der Waals surface area contributed by atoms with Gasteiger partial charge in [0.25, 0.3) is 0 Å². The molecule has 20 atom stereocenters. The van der Waals surface area contributed by atoms with E-state index in [2.05, 4.69) is 33.0 Å². The van der Waals surface area contributed by atoms with Crippen LogP contribution in [0.25, 0.3) is 0 Å². The Bertz CT molecular complexity index is 1060. The smallest absolute Gasteiger partial charge is 0.0867 e. The third-order valence-electron chi connectivity index (χ3n) is 16.3. The highest BCUT2D eigenvalue weighted by Crippen LogP contribution is 2.66. The van der Waals surface area contributed by atoms with E-state index in [1.807, 2.05) is 18.7 Å². The van der Waals surface area contributed by atoms with Gasteiger partial charge in [-0.05, 0) is 105 Å². The lowest BCUT2D eigenvalue weighted by atomic mass is 9.49. The second-order valence-electron chi connectivity index (χ2n) is 18.7. The van der Waals surface area contributed by atoms with Crippen LogP contribution in [0.3, 0.4) is 0 Å². The number of thioether (sulfide) groups is 1. The SMILES string of the molecule is C[C@@H]1CC2C3C(SC[C@]2(C)[C@H]1O)[C@@]1(C)CC[C@H](O)C[C@@H]1C[C@@H]3O.C[C@]12CNC3C(C1C[C@@H](O)[C@@H]2O)[C@@H](O)C[C@H]1C[C@@H](O)CC[C@]31C. The topological polar surface area (TPSA) is 154 Å². The number of hydrogen-bond donors (Lipinski definition) is 8. The first-order valence-electron chi connectivity index (χ1n) is 18.7. The normalized spacial score (nSPS) is 62.3. The van der Waals surface area contributed by atoms with Gasteiger partial charge in [0, 0.05) is 46.3 Å². The first kappa shape index (κ1) is 34.5. The summed E-state index contributed by atoms with van der Waals surface area (Å²) in [6.45, 7) is 11.9. The van der Waals surface area contributed by atoms with Crippen LogP contribution >= 0.6 is 11.8 Å². The van der Waals surface area contributed by atoms with Crippen LogP contribution < -0.4 is 5.32 Å². The van der Waals surface area contributed by atoms with Gasteiger partial charge >= 0.3 is 0 Å². The summed E-state index contributed by atoms with van der Waals surface area (Å²) in [7, 11) is 0. The van der Waals surface area contributed by atoms with Crippen molar-refractivity contribution in [3.05, 3.63) is 0 Å². The number of hydrogen-bond acceptors (Lipinski definition) is 9. The third-order valence-corrected chi connectivity index (χ3v) is 18.3. The van der Waals surface area contributed by atoms with E-state index in [0.717, 1.165) is 63.5 Å². The van der Waals surface area contributed by atoms with Crippen molar-refractivity contribution < 1.29 is 35.7 Å². The molecule has 0 bridgehead atoms. The number of rotatable bonds is 0. The molecule has 6 saturated carbocycles. The predicted molar refractivity (Wildman–Crippen MR) is 179 cm³/mol. The molecule has 8 rings (SSSR count). The van der Waals surface area contributed by atoms with Crippen LogP contribution in [0.1, 0.15) is 98.8 Å². The first-order chi connectivity index (χ1) is 21.5. The molecule has 46 heavy (non-hydrogen) atoms. The standard InChI is InChI=1S/C19H32O3S.C18H31NO4/c1-10-6-13-15-14(21)8-11-7-12(20)4-5-18(11,2)17(15)23-9-19(13,3)16(10)22;1-17-4-3-10(20)5-9(17)6-12(21)14-11-7-13(22)16(23)18(11,2)8-19-15(14)17/h10-17,20-22H,4-9H2,1-3H3;9-16,19-23H,3-8H2,1-2H3/t10-,11-,12+,13?,14+,15?,16+,17?,18+,19+;9-,10+,11?,12+,13-,14?,15?,16+,17+,18+/m11/s1. The highest BCUT2D eigenvalue weighted by Gasteiger charge is 2.66. The van der Waals surface area contributed by atoms with Gasteiger partial charge in [0.15, 0.2) is 0 Å². The lowest BCUT2D eigenvalue weighted by molar-refractivity contribution is -0.153. The maximum atomic E-state index is 11.0. The lowest BCUT2D eigenvalue weighted by Gasteiger charge is -2.61. The zero-order valence-corrected chi connectivity index (χ0v) is 29.6. The number of piperidine rings is 1. The number of nitrogens with one attached hydrogen (secondary N) is 1. The molecule has 9 heteroatoms. The minimum atomic E-state index is -0.716. The minimum absolute atomic E-state index is 0.0381. The van der Waals surface area contributed by atoms with Crippen LogP contribution in [0.2, 0.25) is 0 Å². The van der Waals surface area contributed by atoms with Crippen molar-refractivity contribution >= 4 is 11.8 Å². The molecule has 8 N–H and O–H groups in total. The van der Waals surface area contributed by atoms with Crippen LogP contribution in [0, 0.1) is 63.1 Å². The Kier molecular flexibility index (Phi) is 8.84. The van der Waals surface area contributed by atoms with E-state index in [0.29, 0.717) is 47.8 Å². The van der Waals surface area contributed by atoms with Crippen LogP contribution in [0.5, 0.6) is 0 Å². The second kappa shape index (κ2) is 11.8. The van der Waals surface area contributed by atoms with Gasteiger partial charge in [-0.25, -0.2) is 0 Å². The first-order valence-corrected chi connectivity index (χ1v) is 19.7. The van der Waals surface area contributed by atoms with Gasteiger partial charge in [-0.15, -0.1) is 0 Å². The number of aliphatic hydroxyl groups is 7. The lowest BCUT2D eigenvalue weighted by Crippen LogP contribution is -2.69. The number of aliphatic hydroxyl groups excluding tert-OH is 7. The Hall–Kier alpha value is 0.0300. The van der Waals surface area contributed by atoms with Crippen molar-refractivity contribution in [2.75, 3.05) is 12.3 Å². The summed E-state index contributed by atoms with van der Waals surface area (Å²) in [6, 6.07) is 0.208. The van der Waals surface area contributed by atoms with Crippen LogP contribution in [-0.2, 0) is 0 Å². The third kappa shape index (κ3) is 4.97. The summed E-state index contributed by atoms with van der Waals surface area (Å²) in [5.74, 6) is 3.14. The van der Waals surface area contributed by atoms with Gasteiger partial charge in [0.1, 0.15) is 0 Å². The molecule has 8 fully saturated rings. The zero-order chi connectivity index (χ0) is 33.1. The maximum Gasteiger partial charge on any atom is 0.0867 e. The fourth-order valence-electron chi connectivity index (χ4n) is 13.4. The summed E-state index contributed by atoms with van der Waals surface area (Å²) in [6.07, 6.45) is 5.94. The van der Waals surface area contributed by atoms with Crippen molar-refractivity contribution in [3.8, 4) is 0 Å². The molecule has 0 aromatic rings. The fourth-order valence-corrected chi connectivity index (χ4v) is 15.6. The zero-order valence-electron chi connectivity index (χ0n) is 28.8. The highest BCUT2D eigenvalue weighted by molar-refractivity contribution is 8.00. The molecule has 0 aromatic carbocycles. The Labute approximate surface area is 280 Å². The Morgan fingerprint density at radius 2 is 1.15 bits per heavy atom. The summed E-state index contributed by atoms with van der Waals surface area (Å²) in [5, 5.41) is 77.6. The molecule has 2 heterocycles. The van der Waals surface area contributed by atoms with Crippen LogP contribution in [0.4, 0.5) is 0 Å². The second-order valence-corrected chi connectivity index (χ2v) is 19.9. The molecule has 0 spiro atoms. The maximum absolute atomic E-state index is 11.0. The van der Waals surface area contributed by atoms with E-state index in [-0.39, 0.29) is 64.0 Å². The van der Waals surface area contributed by atoms with Crippen molar-refractivity contribution in [2.45, 2.75) is 153 Å². The molecule has 264 valence electrons. The summed E-state index contributed by atoms with van der Waals surface area (Å²) < 4.78 is 0. The molecule has 2 saturated heterocycles. The van der Waals surface area contributed by atoms with Gasteiger partial charge in [-0.2, -0.15) is 11.8 Å². The molecule has 0 amide bonds. The van der Waals surface area contributed by atoms with Gasteiger partial charge in [0.2, 0.25) is 0 Å². The van der Waals surface area contributed by atoms with Crippen LogP contribution in [0.15, 0.2) is 0 Å². The van der Waals surface area contributed by atoms with Crippen molar-refractivity contribution in [2.24, 2.45) is 63.1 Å². The molecular weight excluding hydrogens is 602 g/mol. The molecule has 6 unspecified atom stereocenters. The monoisotopic (exact) mass is 665 g/mol. The van der Waals surface area contributed by atoms with Crippen molar-refractivity contribution in [1.82, 2.24) is 5.32 Å². The quantitative estimate of drug-likeness (QED) is 0.195. The molecule has 8 aliphatic rings. The van der Waals surface area contributed by atoms with E-state index in [4.69, 9.17) is 0 Å². The van der Waals surface area contributed by atoms with Gasteiger partial charge in [-0.3, -0.25) is 0 Å². The minimum Gasteiger partial charge on any atom is -0.393 e. The Morgan fingerprint density at radius 3 is 1.80 bits per heavy atom. The summed E-state index contributed by atoms with van der Waals surface area (Å²) >= 11 is 2.02. The molecule has 2 aliphatic heterocycles. The largest absolute Gasteiger partial charge is 0.393 e. The van der Waals surface area contributed by atoms with E-state index >= 15 is 0 Å². The van der Waals surface area contributed by atoms with Gasteiger partial charge in [0.05, 0.1) is 42.7 Å². The predicted octanol–water partition coefficient (Wildman–Crippen LogP) is 2.93. The van der Waals surface area contributed by atoms with E-state index in [9.17, 15) is 35.7 Å². The Morgan fingerprint density at radius 1 is 0.587 bits per heavy atom. The average molecular weight is 666 g/mol. The van der Waals surface area contributed by atoms with E-state index < -0.39 is 18.3 Å². The molecule has 0 aromatic heterocycles. The van der Waals surface area contributed by atoms with E-state index in [1.165, 1.54) is 0 Å². The molecule has 6 aliphatic carbocycles. The van der Waals surface area contributed by atoms with E-state index in [1.54, 1.807) is 0 Å². The van der Waals surface area contributed by atoms with Gasteiger partial charge < -0.3 is 41.1 Å². The van der Waals surface area contributed by atoms with Gasteiger partial charge in [-0.1, -0.05) is 34.6 Å². The number of fused-ring (bicyclic) bond motifs is 10. The highest BCUT2D eigenvalue weighted by atomic mass is 32.2. The fraction of sp³-hybridized carbons (Fsp3) is 1.00. The molecular formula is C37H63NO7S. The molecule has 0 radical (unpaired) electrons. The van der Waals surface area contributed by atoms with Crippen LogP contribution in [-0.4, -0.2) is 102 Å². The van der Waals surface area contributed by atoms with Crippen molar-refractivity contribution in [1.29, 1.82) is 0 Å². The molecule has 8 nitrogen and oxygen atoms in total. The average Bonchev–Trinajstić information content (AvgIpc) is 3.38. The van der Waals surface area contributed by atoms with Crippen molar-refractivity contribution in [3.63, 3.8) is 0 Å². The summed E-state index contributed by atoms with van der Waals surface area (Å²) in [4.78, 5) is 0.